The molecule has 0 amide bonds. The zero-order valence-electron chi connectivity index (χ0n) is 7.78. The zero-order valence-corrected chi connectivity index (χ0v) is 7.78. The molecule has 1 aliphatic rings. The van der Waals surface area contributed by atoms with Crippen molar-refractivity contribution in [2.75, 3.05) is 0 Å². The van der Waals surface area contributed by atoms with Crippen LogP contribution in [0.2, 0.25) is 0 Å². The summed E-state index contributed by atoms with van der Waals surface area (Å²) < 4.78 is 51.8. The number of halogens is 4. The molecule has 0 saturated carbocycles. The first-order valence-corrected chi connectivity index (χ1v) is 4.04. The predicted octanol–water partition coefficient (Wildman–Crippen LogP) is 3.69. The van der Waals surface area contributed by atoms with Gasteiger partial charge in [0.2, 0.25) is 0 Å². The van der Waals surface area contributed by atoms with Gasteiger partial charge >= 0.3 is 6.36 Å². The highest BCUT2D eigenvalue weighted by Crippen LogP contribution is 2.35. The summed E-state index contributed by atoms with van der Waals surface area (Å²) in [6.45, 7) is 3.46. The smallest absolute Gasteiger partial charge is 0.403 e. The van der Waals surface area contributed by atoms with E-state index >= 15 is 0 Å². The SMILES string of the molecule is CC1(C)C=C(F)C(OC(F)(F)F)=CC1. The lowest BCUT2D eigenvalue weighted by atomic mass is 9.85. The Bertz CT molecular complexity index is 286. The maximum Gasteiger partial charge on any atom is 0.573 e. The first-order valence-electron chi connectivity index (χ1n) is 4.04. The van der Waals surface area contributed by atoms with Gasteiger partial charge in [-0.15, -0.1) is 13.2 Å². The third-order valence-corrected chi connectivity index (χ3v) is 1.79. The fourth-order valence-corrected chi connectivity index (χ4v) is 1.14. The minimum atomic E-state index is -4.83. The third-order valence-electron chi connectivity index (χ3n) is 1.79. The van der Waals surface area contributed by atoms with Gasteiger partial charge in [0.25, 0.3) is 0 Å². The van der Waals surface area contributed by atoms with Crippen LogP contribution in [0.25, 0.3) is 0 Å². The zero-order chi connectivity index (χ0) is 11.0. The molecule has 1 rings (SSSR count). The molecule has 0 spiro atoms. The van der Waals surface area contributed by atoms with Crippen molar-refractivity contribution >= 4 is 0 Å². The number of alkyl halides is 3. The molecule has 0 saturated heterocycles. The van der Waals surface area contributed by atoms with E-state index in [-0.39, 0.29) is 0 Å². The number of allylic oxidation sites excluding steroid dienone is 3. The lowest BCUT2D eigenvalue weighted by Crippen LogP contribution is -2.18. The van der Waals surface area contributed by atoms with Crippen LogP contribution in [0.1, 0.15) is 20.3 Å². The lowest BCUT2D eigenvalue weighted by molar-refractivity contribution is -0.305. The fraction of sp³-hybridized carbons (Fsp3) is 0.556. The Morgan fingerprint density at radius 3 is 2.36 bits per heavy atom. The topological polar surface area (TPSA) is 9.23 Å². The van der Waals surface area contributed by atoms with Crippen molar-refractivity contribution in [1.82, 2.24) is 0 Å². The van der Waals surface area contributed by atoms with Crippen LogP contribution in [-0.2, 0) is 4.74 Å². The summed E-state index contributed by atoms with van der Waals surface area (Å²) in [6.07, 6.45) is -2.26. The maximum atomic E-state index is 13.0. The predicted molar refractivity (Wildman–Crippen MR) is 42.8 cm³/mol. The second-order valence-corrected chi connectivity index (χ2v) is 3.80. The summed E-state index contributed by atoms with van der Waals surface area (Å²) >= 11 is 0. The molecule has 1 nitrogen and oxygen atoms in total. The van der Waals surface area contributed by atoms with Crippen LogP contribution < -0.4 is 0 Å². The highest BCUT2D eigenvalue weighted by atomic mass is 19.4. The molecule has 5 heteroatoms. The van der Waals surface area contributed by atoms with Gasteiger partial charge in [0, 0.05) is 0 Å². The van der Waals surface area contributed by atoms with Crippen molar-refractivity contribution in [3.05, 3.63) is 23.7 Å². The molecule has 0 unspecified atom stereocenters. The van der Waals surface area contributed by atoms with E-state index in [9.17, 15) is 17.6 Å². The lowest BCUT2D eigenvalue weighted by Gasteiger charge is -2.24. The van der Waals surface area contributed by atoms with Crippen LogP contribution in [0.4, 0.5) is 17.6 Å². The number of ether oxygens (including phenoxy) is 1. The van der Waals surface area contributed by atoms with Crippen LogP contribution in [0.3, 0.4) is 0 Å². The van der Waals surface area contributed by atoms with Gasteiger partial charge in [0.15, 0.2) is 11.6 Å². The molecule has 0 heterocycles. The van der Waals surface area contributed by atoms with Crippen molar-refractivity contribution in [3.63, 3.8) is 0 Å². The monoisotopic (exact) mass is 210 g/mol. The summed E-state index contributed by atoms with van der Waals surface area (Å²) in [5.41, 5.74) is -0.456. The van der Waals surface area contributed by atoms with Gasteiger partial charge in [-0.3, -0.25) is 0 Å². The fourth-order valence-electron chi connectivity index (χ4n) is 1.14. The van der Waals surface area contributed by atoms with Gasteiger partial charge in [-0.25, -0.2) is 4.39 Å². The normalized spacial score (nSPS) is 21.3. The Hall–Kier alpha value is -1.00. The molecule has 0 N–H and O–H groups in total. The Morgan fingerprint density at radius 2 is 1.93 bits per heavy atom. The van der Waals surface area contributed by atoms with Gasteiger partial charge in [-0.1, -0.05) is 13.8 Å². The van der Waals surface area contributed by atoms with Gasteiger partial charge in [0.1, 0.15) is 0 Å². The van der Waals surface area contributed by atoms with Crippen molar-refractivity contribution in [3.8, 4) is 0 Å². The average Bonchev–Trinajstić information content (AvgIpc) is 1.92. The van der Waals surface area contributed by atoms with E-state index in [0.717, 1.165) is 12.2 Å². The van der Waals surface area contributed by atoms with E-state index in [4.69, 9.17) is 0 Å². The largest absolute Gasteiger partial charge is 0.573 e. The van der Waals surface area contributed by atoms with E-state index in [0.29, 0.717) is 6.42 Å². The highest BCUT2D eigenvalue weighted by molar-refractivity contribution is 5.26. The standard InChI is InChI=1S/C9H10F4O/c1-8(2)4-3-7(6(10)5-8)14-9(11,12)13/h3,5H,4H2,1-2H3. The van der Waals surface area contributed by atoms with Crippen molar-refractivity contribution < 1.29 is 22.3 Å². The van der Waals surface area contributed by atoms with Gasteiger partial charge in [-0.05, 0) is 24.0 Å². The van der Waals surface area contributed by atoms with Crippen LogP contribution in [0.15, 0.2) is 23.7 Å². The summed E-state index contributed by atoms with van der Waals surface area (Å²) in [4.78, 5) is 0. The summed E-state index contributed by atoms with van der Waals surface area (Å²) in [6, 6.07) is 0. The van der Waals surface area contributed by atoms with Gasteiger partial charge in [0.05, 0.1) is 0 Å². The first-order chi connectivity index (χ1) is 6.20. The van der Waals surface area contributed by atoms with E-state index in [1.54, 1.807) is 13.8 Å². The molecular formula is C9H10F4O. The first kappa shape index (κ1) is 11.1. The minimum absolute atomic E-state index is 0.325. The van der Waals surface area contributed by atoms with Crippen molar-refractivity contribution in [2.45, 2.75) is 26.6 Å². The number of rotatable bonds is 1. The molecule has 0 radical (unpaired) electrons. The molecule has 0 aromatic carbocycles. The Kier molecular flexibility index (Phi) is 2.61. The molecule has 80 valence electrons. The van der Waals surface area contributed by atoms with Crippen LogP contribution in [0.5, 0.6) is 0 Å². The van der Waals surface area contributed by atoms with E-state index in [1.807, 2.05) is 0 Å². The van der Waals surface area contributed by atoms with E-state index < -0.39 is 23.4 Å². The van der Waals surface area contributed by atoms with Crippen LogP contribution in [0, 0.1) is 5.41 Å². The van der Waals surface area contributed by atoms with Gasteiger partial charge < -0.3 is 4.74 Å². The van der Waals surface area contributed by atoms with Crippen LogP contribution in [-0.4, -0.2) is 6.36 Å². The molecular weight excluding hydrogens is 200 g/mol. The molecule has 0 aromatic rings. The Morgan fingerprint density at radius 1 is 1.36 bits per heavy atom. The second-order valence-electron chi connectivity index (χ2n) is 3.80. The Balaban J connectivity index is 2.77. The van der Waals surface area contributed by atoms with Gasteiger partial charge in [-0.2, -0.15) is 0 Å². The molecule has 0 atom stereocenters. The summed E-state index contributed by atoms with van der Waals surface area (Å²) in [7, 11) is 0. The number of hydrogen-bond donors (Lipinski definition) is 0. The molecule has 1 aliphatic carbocycles. The molecule has 0 aromatic heterocycles. The van der Waals surface area contributed by atoms with Crippen LogP contribution >= 0.6 is 0 Å². The highest BCUT2D eigenvalue weighted by Gasteiger charge is 2.35. The van der Waals surface area contributed by atoms with E-state index in [2.05, 4.69) is 4.74 Å². The molecule has 0 bridgehead atoms. The maximum absolute atomic E-state index is 13.0. The second kappa shape index (κ2) is 3.29. The average molecular weight is 210 g/mol. The Labute approximate surface area is 79.0 Å². The molecule has 14 heavy (non-hydrogen) atoms. The quantitative estimate of drug-likeness (QED) is 0.600. The number of hydrogen-bond acceptors (Lipinski definition) is 1. The van der Waals surface area contributed by atoms with Crippen molar-refractivity contribution in [1.29, 1.82) is 0 Å². The molecule has 0 fully saturated rings. The minimum Gasteiger partial charge on any atom is -0.403 e. The molecule has 0 aliphatic heterocycles. The summed E-state index contributed by atoms with van der Waals surface area (Å²) in [5.74, 6) is -1.70. The van der Waals surface area contributed by atoms with E-state index in [1.165, 1.54) is 0 Å². The summed E-state index contributed by atoms with van der Waals surface area (Å²) in [5, 5.41) is 0. The third kappa shape index (κ3) is 3.05. The van der Waals surface area contributed by atoms with Crippen molar-refractivity contribution in [2.24, 2.45) is 5.41 Å².